The lowest BCUT2D eigenvalue weighted by Crippen LogP contribution is -2.15. The van der Waals surface area contributed by atoms with Crippen LogP contribution in [0.1, 0.15) is 5.56 Å². The molecule has 2 N–H and O–H groups in total. The van der Waals surface area contributed by atoms with Gasteiger partial charge in [-0.15, -0.1) is 0 Å². The molecule has 0 spiro atoms. The fourth-order valence-electron chi connectivity index (χ4n) is 2.58. The number of para-hydroxylation sites is 2. The van der Waals surface area contributed by atoms with Crippen LogP contribution in [0.15, 0.2) is 90.6 Å². The zero-order valence-electron chi connectivity index (χ0n) is 16.0. The Morgan fingerprint density at radius 1 is 0.903 bits per heavy atom. The molecule has 0 aromatic heterocycles. The topological polar surface area (TPSA) is 74.2 Å². The van der Waals surface area contributed by atoms with Gasteiger partial charge in [0, 0.05) is 11.9 Å². The first-order valence-corrected chi connectivity index (χ1v) is 9.04. The summed E-state index contributed by atoms with van der Waals surface area (Å²) in [6.07, 6.45) is -3.64. The predicted octanol–water partition coefficient (Wildman–Crippen LogP) is 5.96. The minimum absolute atomic E-state index is 0.266. The molecule has 0 atom stereocenters. The molecule has 0 radical (unpaired) electrons. The van der Waals surface area contributed by atoms with Crippen LogP contribution in [-0.2, 0) is 11.0 Å². The number of alkyl halides is 3. The molecule has 0 aliphatic carbocycles. The van der Waals surface area contributed by atoms with Crippen molar-refractivity contribution in [3.8, 4) is 17.6 Å². The largest absolute Gasteiger partial charge is 0.457 e. The third kappa shape index (κ3) is 5.87. The fourth-order valence-corrected chi connectivity index (χ4v) is 2.58. The summed E-state index contributed by atoms with van der Waals surface area (Å²) in [6.45, 7) is 0. The molecule has 3 rings (SSSR count). The maximum atomic E-state index is 13.1. The molecular weight excluding hydrogens is 407 g/mol. The van der Waals surface area contributed by atoms with Gasteiger partial charge in [-0.1, -0.05) is 30.3 Å². The Bertz CT molecular complexity index is 1120. The molecule has 0 bridgehead atoms. The lowest BCUT2D eigenvalue weighted by molar-refractivity contribution is -0.136. The van der Waals surface area contributed by atoms with Gasteiger partial charge in [-0.2, -0.15) is 18.4 Å². The van der Waals surface area contributed by atoms with E-state index in [1.54, 1.807) is 42.5 Å². The van der Waals surface area contributed by atoms with Crippen molar-refractivity contribution in [3.63, 3.8) is 0 Å². The number of carbonyl (C=O) groups excluding carboxylic acids is 1. The van der Waals surface area contributed by atoms with Gasteiger partial charge in [0.2, 0.25) is 0 Å². The number of benzene rings is 3. The number of nitrogens with one attached hydrogen (secondary N) is 2. The Labute approximate surface area is 176 Å². The standard InChI is InChI=1S/C23H16F3N3O2/c24-23(25,26)20-8-4-5-9-21(20)28-15-16(14-27)22(30)29-17-10-12-19(13-11-17)31-18-6-2-1-3-7-18/h1-13,15,28H,(H,29,30)/b16-15-. The molecular formula is C23H16F3N3O2. The smallest absolute Gasteiger partial charge is 0.418 e. The molecule has 0 aliphatic rings. The Kier molecular flexibility index (Phi) is 6.58. The predicted molar refractivity (Wildman–Crippen MR) is 110 cm³/mol. The highest BCUT2D eigenvalue weighted by Crippen LogP contribution is 2.34. The van der Waals surface area contributed by atoms with Crippen molar-refractivity contribution in [3.05, 3.63) is 96.2 Å². The van der Waals surface area contributed by atoms with E-state index in [0.717, 1.165) is 12.3 Å². The van der Waals surface area contributed by atoms with Crippen molar-refractivity contribution in [2.75, 3.05) is 10.6 Å². The zero-order valence-corrected chi connectivity index (χ0v) is 16.0. The van der Waals surface area contributed by atoms with E-state index in [0.29, 0.717) is 17.2 Å². The highest BCUT2D eigenvalue weighted by atomic mass is 19.4. The van der Waals surface area contributed by atoms with Crippen molar-refractivity contribution in [1.82, 2.24) is 0 Å². The number of amides is 1. The summed E-state index contributed by atoms with van der Waals surface area (Å²) in [7, 11) is 0. The summed E-state index contributed by atoms with van der Waals surface area (Å²) >= 11 is 0. The van der Waals surface area contributed by atoms with Crippen molar-refractivity contribution >= 4 is 17.3 Å². The Balaban J connectivity index is 1.67. The highest BCUT2D eigenvalue weighted by molar-refractivity contribution is 6.06. The summed E-state index contributed by atoms with van der Waals surface area (Å²) in [6, 6.07) is 22.0. The summed E-state index contributed by atoms with van der Waals surface area (Å²) in [5, 5.41) is 14.1. The van der Waals surface area contributed by atoms with Crippen LogP contribution in [0.2, 0.25) is 0 Å². The average Bonchev–Trinajstić information content (AvgIpc) is 2.76. The molecule has 5 nitrogen and oxygen atoms in total. The molecule has 0 unspecified atom stereocenters. The van der Waals surface area contributed by atoms with Crippen molar-refractivity contribution in [2.45, 2.75) is 6.18 Å². The molecule has 0 fully saturated rings. The van der Waals surface area contributed by atoms with Crippen LogP contribution in [-0.4, -0.2) is 5.91 Å². The quantitative estimate of drug-likeness (QED) is 0.379. The summed E-state index contributed by atoms with van der Waals surface area (Å²) < 4.78 is 44.8. The molecule has 0 heterocycles. The van der Waals surface area contributed by atoms with E-state index >= 15 is 0 Å². The second-order valence-electron chi connectivity index (χ2n) is 6.25. The summed E-state index contributed by atoms with van der Waals surface area (Å²) in [5.41, 5.74) is -1.17. The Morgan fingerprint density at radius 2 is 1.52 bits per heavy atom. The third-order valence-electron chi connectivity index (χ3n) is 4.06. The van der Waals surface area contributed by atoms with E-state index in [-0.39, 0.29) is 11.3 Å². The first-order chi connectivity index (χ1) is 14.9. The van der Waals surface area contributed by atoms with Crippen LogP contribution in [0.3, 0.4) is 0 Å². The van der Waals surface area contributed by atoms with Gasteiger partial charge in [-0.25, -0.2) is 0 Å². The van der Waals surface area contributed by atoms with Crippen LogP contribution < -0.4 is 15.4 Å². The van der Waals surface area contributed by atoms with Gasteiger partial charge in [0.05, 0.1) is 11.3 Å². The minimum atomic E-state index is -4.57. The van der Waals surface area contributed by atoms with Gasteiger partial charge >= 0.3 is 6.18 Å². The molecule has 3 aromatic rings. The number of hydrogen-bond acceptors (Lipinski definition) is 4. The fraction of sp³-hybridized carbons (Fsp3) is 0.0435. The normalized spacial score (nSPS) is 11.4. The molecule has 31 heavy (non-hydrogen) atoms. The second kappa shape index (κ2) is 9.50. The summed E-state index contributed by atoms with van der Waals surface area (Å²) in [5.74, 6) is 0.432. The number of halogens is 3. The second-order valence-corrected chi connectivity index (χ2v) is 6.25. The molecule has 156 valence electrons. The number of hydrogen-bond donors (Lipinski definition) is 2. The number of nitriles is 1. The maximum absolute atomic E-state index is 13.1. The third-order valence-corrected chi connectivity index (χ3v) is 4.06. The van der Waals surface area contributed by atoms with Gasteiger partial charge in [0.1, 0.15) is 23.1 Å². The van der Waals surface area contributed by atoms with Gasteiger partial charge in [0.15, 0.2) is 0 Å². The van der Waals surface area contributed by atoms with Gasteiger partial charge < -0.3 is 15.4 Å². The van der Waals surface area contributed by atoms with E-state index in [1.807, 2.05) is 18.2 Å². The van der Waals surface area contributed by atoms with Gasteiger partial charge in [-0.05, 0) is 48.5 Å². The first-order valence-electron chi connectivity index (χ1n) is 9.04. The number of nitrogens with zero attached hydrogens (tertiary/aromatic N) is 1. The van der Waals surface area contributed by atoms with Gasteiger partial charge in [0.25, 0.3) is 5.91 Å². The number of anilines is 2. The first kappa shape index (κ1) is 21.5. The van der Waals surface area contributed by atoms with E-state index in [1.165, 1.54) is 18.2 Å². The maximum Gasteiger partial charge on any atom is 0.418 e. The van der Waals surface area contributed by atoms with Crippen molar-refractivity contribution < 1.29 is 22.7 Å². The molecule has 0 saturated carbocycles. The monoisotopic (exact) mass is 423 g/mol. The van der Waals surface area contributed by atoms with Crippen LogP contribution in [0.5, 0.6) is 11.5 Å². The minimum Gasteiger partial charge on any atom is -0.457 e. The Hall–Kier alpha value is -4.25. The average molecular weight is 423 g/mol. The van der Waals surface area contributed by atoms with Crippen molar-refractivity contribution in [2.24, 2.45) is 0 Å². The molecule has 0 aliphatic heterocycles. The summed E-state index contributed by atoms with van der Waals surface area (Å²) in [4.78, 5) is 12.3. The van der Waals surface area contributed by atoms with E-state index in [4.69, 9.17) is 4.74 Å². The Morgan fingerprint density at radius 3 is 2.16 bits per heavy atom. The van der Waals surface area contributed by atoms with E-state index in [2.05, 4.69) is 10.6 Å². The molecule has 3 aromatic carbocycles. The number of rotatable bonds is 6. The van der Waals surface area contributed by atoms with E-state index in [9.17, 15) is 23.2 Å². The number of ether oxygens (including phenoxy) is 1. The van der Waals surface area contributed by atoms with Crippen molar-refractivity contribution in [1.29, 1.82) is 5.26 Å². The molecule has 8 heteroatoms. The molecule has 0 saturated heterocycles. The molecule has 1 amide bonds. The van der Waals surface area contributed by atoms with Crippen LogP contribution >= 0.6 is 0 Å². The van der Waals surface area contributed by atoms with E-state index < -0.39 is 17.6 Å². The lowest BCUT2D eigenvalue weighted by atomic mass is 10.1. The highest BCUT2D eigenvalue weighted by Gasteiger charge is 2.33. The van der Waals surface area contributed by atoms with Crippen LogP contribution in [0, 0.1) is 11.3 Å². The van der Waals surface area contributed by atoms with Crippen LogP contribution in [0.25, 0.3) is 0 Å². The number of carbonyl (C=O) groups is 1. The zero-order chi connectivity index (χ0) is 22.3. The van der Waals surface area contributed by atoms with Crippen LogP contribution in [0.4, 0.5) is 24.5 Å². The van der Waals surface area contributed by atoms with Gasteiger partial charge in [-0.3, -0.25) is 4.79 Å². The lowest BCUT2D eigenvalue weighted by Gasteiger charge is -2.12. The SMILES string of the molecule is N#C/C(=C/Nc1ccccc1C(F)(F)F)C(=O)Nc1ccc(Oc2ccccc2)cc1.